The van der Waals surface area contributed by atoms with Crippen molar-refractivity contribution in [2.75, 3.05) is 18.1 Å². The topological polar surface area (TPSA) is 49.2 Å². The Morgan fingerprint density at radius 1 is 1.16 bits per heavy atom. The van der Waals surface area contributed by atoms with Gasteiger partial charge in [-0.2, -0.15) is 0 Å². The maximum atomic E-state index is 9.26. The number of rotatable bonds is 6. The minimum atomic E-state index is 0.130. The number of hydrogen-bond acceptors (Lipinski definition) is 4. The summed E-state index contributed by atoms with van der Waals surface area (Å²) in [6.07, 6.45) is 3.87. The summed E-state index contributed by atoms with van der Waals surface area (Å²) in [5.74, 6) is 0.849. The van der Waals surface area contributed by atoms with Crippen LogP contribution >= 0.6 is 0 Å². The fourth-order valence-corrected chi connectivity index (χ4v) is 2.41. The molecule has 0 aliphatic carbocycles. The molecule has 4 heteroatoms. The largest absolute Gasteiger partial charge is 0.395 e. The van der Waals surface area contributed by atoms with Crippen LogP contribution in [0.5, 0.6) is 0 Å². The molecule has 102 valence electrons. The first-order chi connectivity index (χ1) is 9.30. The quantitative estimate of drug-likeness (QED) is 0.866. The van der Waals surface area contributed by atoms with Crippen molar-refractivity contribution in [3.8, 4) is 0 Å². The number of para-hydroxylation sites is 2. The summed E-state index contributed by atoms with van der Waals surface area (Å²) >= 11 is 0. The van der Waals surface area contributed by atoms with Gasteiger partial charge in [0.05, 0.1) is 23.8 Å². The van der Waals surface area contributed by atoms with Crippen molar-refractivity contribution in [2.24, 2.45) is 0 Å². The summed E-state index contributed by atoms with van der Waals surface area (Å²) in [6, 6.07) is 8.25. The zero-order chi connectivity index (χ0) is 13.7. The molecular weight excluding hydrogens is 238 g/mol. The Labute approximate surface area is 114 Å². The van der Waals surface area contributed by atoms with Gasteiger partial charge in [-0.3, -0.25) is 4.98 Å². The predicted octanol–water partition coefficient (Wildman–Crippen LogP) is 2.62. The summed E-state index contributed by atoms with van der Waals surface area (Å²) in [5, 5.41) is 9.26. The van der Waals surface area contributed by atoms with E-state index in [9.17, 15) is 5.11 Å². The molecule has 0 atom stereocenters. The first-order valence-electron chi connectivity index (χ1n) is 6.89. The lowest BCUT2D eigenvalue weighted by atomic mass is 10.1. The van der Waals surface area contributed by atoms with Crippen LogP contribution in [0.25, 0.3) is 11.0 Å². The Balaban J connectivity index is 2.37. The summed E-state index contributed by atoms with van der Waals surface area (Å²) in [5.41, 5.74) is 1.80. The van der Waals surface area contributed by atoms with E-state index >= 15 is 0 Å². The monoisotopic (exact) mass is 259 g/mol. The highest BCUT2D eigenvalue weighted by Crippen LogP contribution is 2.19. The summed E-state index contributed by atoms with van der Waals surface area (Å²) < 4.78 is 0. The van der Waals surface area contributed by atoms with Gasteiger partial charge >= 0.3 is 0 Å². The molecule has 0 saturated heterocycles. The second-order valence-electron chi connectivity index (χ2n) is 4.60. The van der Waals surface area contributed by atoms with Crippen molar-refractivity contribution in [1.29, 1.82) is 0 Å². The standard InChI is InChI=1S/C15H21N3O/c1-3-12(4-2)18(9-10-19)15-11-16-13-7-5-6-8-14(13)17-15/h5-8,11-12,19H,3-4,9-10H2,1-2H3. The van der Waals surface area contributed by atoms with Crippen LogP contribution in [0.15, 0.2) is 30.5 Å². The molecule has 0 spiro atoms. The molecule has 2 aromatic rings. The summed E-state index contributed by atoms with van der Waals surface area (Å²) in [6.45, 7) is 5.05. The van der Waals surface area contributed by atoms with Gasteiger partial charge < -0.3 is 10.0 Å². The van der Waals surface area contributed by atoms with Crippen molar-refractivity contribution >= 4 is 16.9 Å². The minimum absolute atomic E-state index is 0.130. The van der Waals surface area contributed by atoms with Gasteiger partial charge in [0.2, 0.25) is 0 Å². The second kappa shape index (κ2) is 6.48. The molecule has 0 aliphatic heterocycles. The Bertz CT molecular complexity index is 526. The first kappa shape index (κ1) is 13.7. The van der Waals surface area contributed by atoms with Gasteiger partial charge in [-0.05, 0) is 25.0 Å². The second-order valence-corrected chi connectivity index (χ2v) is 4.60. The maximum absolute atomic E-state index is 9.26. The van der Waals surface area contributed by atoms with Gasteiger partial charge in [-0.15, -0.1) is 0 Å². The summed E-state index contributed by atoms with van der Waals surface area (Å²) in [7, 11) is 0. The molecule has 2 rings (SSSR count). The van der Waals surface area contributed by atoms with E-state index in [0.717, 1.165) is 29.7 Å². The van der Waals surface area contributed by atoms with Gasteiger partial charge in [0.25, 0.3) is 0 Å². The van der Waals surface area contributed by atoms with E-state index in [0.29, 0.717) is 12.6 Å². The Hall–Kier alpha value is -1.68. The normalized spacial score (nSPS) is 11.2. The molecule has 1 N–H and O–H groups in total. The maximum Gasteiger partial charge on any atom is 0.148 e. The molecule has 0 radical (unpaired) electrons. The van der Waals surface area contributed by atoms with Crippen LogP contribution in [0.3, 0.4) is 0 Å². The van der Waals surface area contributed by atoms with Gasteiger partial charge in [0, 0.05) is 12.6 Å². The molecule has 0 fully saturated rings. The zero-order valence-electron chi connectivity index (χ0n) is 11.6. The van der Waals surface area contributed by atoms with Crippen LogP contribution in [0.4, 0.5) is 5.82 Å². The van der Waals surface area contributed by atoms with Crippen LogP contribution in [-0.4, -0.2) is 34.3 Å². The average molecular weight is 259 g/mol. The highest BCUT2D eigenvalue weighted by atomic mass is 16.3. The molecule has 19 heavy (non-hydrogen) atoms. The van der Waals surface area contributed by atoms with E-state index in [1.165, 1.54) is 0 Å². The van der Waals surface area contributed by atoms with Crippen LogP contribution < -0.4 is 4.90 Å². The lowest BCUT2D eigenvalue weighted by Gasteiger charge is -2.30. The lowest BCUT2D eigenvalue weighted by Crippen LogP contribution is -2.37. The van der Waals surface area contributed by atoms with Crippen LogP contribution in [0, 0.1) is 0 Å². The predicted molar refractivity (Wildman–Crippen MR) is 78.3 cm³/mol. The Kier molecular flexibility index (Phi) is 4.68. The Morgan fingerprint density at radius 2 is 1.84 bits per heavy atom. The number of aliphatic hydroxyl groups is 1. The average Bonchev–Trinajstić information content (AvgIpc) is 2.47. The van der Waals surface area contributed by atoms with Crippen LogP contribution in [0.1, 0.15) is 26.7 Å². The highest BCUT2D eigenvalue weighted by Gasteiger charge is 2.17. The van der Waals surface area contributed by atoms with E-state index < -0.39 is 0 Å². The van der Waals surface area contributed by atoms with Gasteiger partial charge in [-0.25, -0.2) is 4.98 Å². The van der Waals surface area contributed by atoms with E-state index in [1.807, 2.05) is 24.3 Å². The van der Waals surface area contributed by atoms with Gasteiger partial charge in [0.1, 0.15) is 5.82 Å². The first-order valence-corrected chi connectivity index (χ1v) is 6.89. The SMILES string of the molecule is CCC(CC)N(CCO)c1cnc2ccccc2n1. The number of nitrogens with zero attached hydrogens (tertiary/aromatic N) is 3. The molecule has 0 saturated carbocycles. The van der Waals surface area contributed by atoms with E-state index in [2.05, 4.69) is 28.7 Å². The van der Waals surface area contributed by atoms with Crippen molar-refractivity contribution in [2.45, 2.75) is 32.7 Å². The van der Waals surface area contributed by atoms with Crippen molar-refractivity contribution in [3.05, 3.63) is 30.5 Å². The van der Waals surface area contributed by atoms with Crippen molar-refractivity contribution in [1.82, 2.24) is 9.97 Å². The third kappa shape index (κ3) is 3.01. The van der Waals surface area contributed by atoms with Gasteiger partial charge in [0.15, 0.2) is 0 Å². The van der Waals surface area contributed by atoms with E-state index in [4.69, 9.17) is 0 Å². The van der Waals surface area contributed by atoms with Crippen LogP contribution in [0.2, 0.25) is 0 Å². The molecule has 0 aliphatic rings. The Morgan fingerprint density at radius 3 is 2.47 bits per heavy atom. The lowest BCUT2D eigenvalue weighted by molar-refractivity contribution is 0.295. The number of benzene rings is 1. The minimum Gasteiger partial charge on any atom is -0.395 e. The molecule has 1 aromatic heterocycles. The molecular formula is C15H21N3O. The molecule has 1 heterocycles. The molecule has 0 bridgehead atoms. The van der Waals surface area contributed by atoms with E-state index in [1.54, 1.807) is 6.20 Å². The summed E-state index contributed by atoms with van der Waals surface area (Å²) in [4.78, 5) is 11.3. The van der Waals surface area contributed by atoms with Crippen molar-refractivity contribution in [3.63, 3.8) is 0 Å². The zero-order valence-corrected chi connectivity index (χ0v) is 11.6. The van der Waals surface area contributed by atoms with E-state index in [-0.39, 0.29) is 6.61 Å². The number of aliphatic hydroxyl groups excluding tert-OH is 1. The third-order valence-corrected chi connectivity index (χ3v) is 3.45. The third-order valence-electron chi connectivity index (χ3n) is 3.45. The highest BCUT2D eigenvalue weighted by molar-refractivity contribution is 5.75. The number of fused-ring (bicyclic) bond motifs is 1. The number of anilines is 1. The van der Waals surface area contributed by atoms with Crippen molar-refractivity contribution < 1.29 is 5.11 Å². The number of aromatic nitrogens is 2. The smallest absolute Gasteiger partial charge is 0.148 e. The van der Waals surface area contributed by atoms with Crippen LogP contribution in [-0.2, 0) is 0 Å². The molecule has 4 nitrogen and oxygen atoms in total. The molecule has 0 amide bonds. The number of hydrogen-bond donors (Lipinski definition) is 1. The molecule has 0 unspecified atom stereocenters. The van der Waals surface area contributed by atoms with Gasteiger partial charge in [-0.1, -0.05) is 26.0 Å². The fraction of sp³-hybridized carbons (Fsp3) is 0.467. The fourth-order valence-electron chi connectivity index (χ4n) is 2.41. The molecule has 1 aromatic carbocycles.